The Balaban J connectivity index is 1.62. The smallest absolute Gasteiger partial charge is 0.339 e. The van der Waals surface area contributed by atoms with E-state index in [9.17, 15) is 25.0 Å². The molecule has 1 spiro atoms. The fourth-order valence-electron chi connectivity index (χ4n) is 5.03. The third kappa shape index (κ3) is 3.05. The SMILES string of the molecule is O=C(O[C@H]1C[C@H]2CC[C@H](C2)[C@@]12CCCO2)c1cc([N+](=O)[O-])cc([N+](=O)[O-])c1. The number of rotatable bonds is 4. The van der Waals surface area contributed by atoms with Crippen LogP contribution in [0.5, 0.6) is 0 Å². The number of non-ortho nitro benzene ring substituents is 2. The van der Waals surface area contributed by atoms with Gasteiger partial charge in [-0.25, -0.2) is 4.79 Å². The van der Waals surface area contributed by atoms with Gasteiger partial charge in [-0.05, 0) is 50.4 Å². The standard InChI is InChI=1S/C18H20N2O7/c21-17(12-8-14(19(22)23)10-15(9-12)20(24)25)27-16-7-11-2-3-13(6-11)18(16)4-1-5-26-18/h8-11,13,16H,1-7H2/t11-,13+,16-,18-/m0/s1. The first-order chi connectivity index (χ1) is 12.9. The molecule has 1 aromatic rings. The van der Waals surface area contributed by atoms with Gasteiger partial charge >= 0.3 is 5.97 Å². The van der Waals surface area contributed by atoms with Gasteiger partial charge in [0.1, 0.15) is 11.7 Å². The van der Waals surface area contributed by atoms with Gasteiger partial charge in [0.25, 0.3) is 11.4 Å². The number of nitro benzene ring substituents is 2. The quantitative estimate of drug-likeness (QED) is 0.448. The molecule has 144 valence electrons. The first kappa shape index (κ1) is 17.8. The van der Waals surface area contributed by atoms with Crippen LogP contribution < -0.4 is 0 Å². The van der Waals surface area contributed by atoms with Crippen LogP contribution in [0, 0.1) is 32.1 Å². The van der Waals surface area contributed by atoms with Gasteiger partial charge in [-0.3, -0.25) is 20.2 Å². The second kappa shape index (κ2) is 6.56. The Morgan fingerprint density at radius 3 is 2.41 bits per heavy atom. The van der Waals surface area contributed by atoms with Crippen molar-refractivity contribution in [2.75, 3.05) is 6.61 Å². The summed E-state index contributed by atoms with van der Waals surface area (Å²) < 4.78 is 11.8. The number of hydrogen-bond donors (Lipinski definition) is 0. The van der Waals surface area contributed by atoms with Crippen molar-refractivity contribution in [1.82, 2.24) is 0 Å². The van der Waals surface area contributed by atoms with Gasteiger partial charge in [0, 0.05) is 18.7 Å². The van der Waals surface area contributed by atoms with Gasteiger partial charge in [-0.15, -0.1) is 0 Å². The van der Waals surface area contributed by atoms with Crippen LogP contribution in [0.3, 0.4) is 0 Å². The average molecular weight is 376 g/mol. The third-order valence-corrected chi connectivity index (χ3v) is 6.22. The van der Waals surface area contributed by atoms with Crippen molar-refractivity contribution in [3.05, 3.63) is 44.0 Å². The lowest BCUT2D eigenvalue weighted by Gasteiger charge is -2.44. The van der Waals surface area contributed by atoms with Crippen LogP contribution >= 0.6 is 0 Å². The van der Waals surface area contributed by atoms with Crippen LogP contribution in [0.25, 0.3) is 0 Å². The molecule has 0 aromatic heterocycles. The first-order valence-electron chi connectivity index (χ1n) is 9.18. The Labute approximate surface area is 154 Å². The number of carbonyl (C=O) groups excluding carboxylic acids is 1. The van der Waals surface area contributed by atoms with Crippen molar-refractivity contribution in [1.29, 1.82) is 0 Å². The molecule has 1 aromatic carbocycles. The zero-order valence-corrected chi connectivity index (χ0v) is 14.7. The van der Waals surface area contributed by atoms with Crippen molar-refractivity contribution in [3.63, 3.8) is 0 Å². The predicted molar refractivity (Wildman–Crippen MR) is 92.3 cm³/mol. The number of ether oxygens (including phenoxy) is 2. The van der Waals surface area contributed by atoms with Crippen molar-refractivity contribution in [2.24, 2.45) is 11.8 Å². The maximum absolute atomic E-state index is 12.7. The number of esters is 1. The Bertz CT molecular complexity index is 771. The largest absolute Gasteiger partial charge is 0.456 e. The summed E-state index contributed by atoms with van der Waals surface area (Å²) >= 11 is 0. The van der Waals surface area contributed by atoms with Gasteiger partial charge in [0.15, 0.2) is 0 Å². The topological polar surface area (TPSA) is 122 Å². The summed E-state index contributed by atoms with van der Waals surface area (Å²) in [6, 6.07) is 2.88. The zero-order valence-electron chi connectivity index (χ0n) is 14.7. The van der Waals surface area contributed by atoms with E-state index in [-0.39, 0.29) is 5.56 Å². The molecule has 0 amide bonds. The van der Waals surface area contributed by atoms with Crippen LogP contribution in [-0.2, 0) is 9.47 Å². The zero-order chi connectivity index (χ0) is 19.2. The molecule has 3 fully saturated rings. The van der Waals surface area contributed by atoms with E-state index < -0.39 is 38.9 Å². The molecule has 3 aliphatic rings. The van der Waals surface area contributed by atoms with E-state index in [0.29, 0.717) is 24.9 Å². The number of carbonyl (C=O) groups is 1. The Hall–Kier alpha value is -2.55. The van der Waals surface area contributed by atoms with Crippen molar-refractivity contribution >= 4 is 17.3 Å². The highest BCUT2D eigenvalue weighted by atomic mass is 16.6. The Kier molecular flexibility index (Phi) is 4.33. The average Bonchev–Trinajstić information content (AvgIpc) is 3.27. The highest BCUT2D eigenvalue weighted by Crippen LogP contribution is 2.54. The molecule has 9 heteroatoms. The van der Waals surface area contributed by atoms with E-state index in [2.05, 4.69) is 0 Å². The Morgan fingerprint density at radius 2 is 1.81 bits per heavy atom. The summed E-state index contributed by atoms with van der Waals surface area (Å²) in [5.41, 5.74) is -1.67. The molecular weight excluding hydrogens is 356 g/mol. The van der Waals surface area contributed by atoms with Crippen LogP contribution in [0.1, 0.15) is 48.9 Å². The minimum Gasteiger partial charge on any atom is -0.456 e. The fraction of sp³-hybridized carbons (Fsp3) is 0.611. The monoisotopic (exact) mass is 376 g/mol. The van der Waals surface area contributed by atoms with Gasteiger partial charge in [-0.2, -0.15) is 0 Å². The number of hydrogen-bond acceptors (Lipinski definition) is 7. The molecule has 0 radical (unpaired) electrons. The molecule has 0 N–H and O–H groups in total. The van der Waals surface area contributed by atoms with Crippen LogP contribution in [-0.4, -0.2) is 34.1 Å². The lowest BCUT2D eigenvalue weighted by atomic mass is 9.72. The lowest BCUT2D eigenvalue weighted by Crippen LogP contribution is -2.52. The van der Waals surface area contributed by atoms with E-state index in [4.69, 9.17) is 9.47 Å². The molecule has 1 saturated heterocycles. The fourth-order valence-corrected chi connectivity index (χ4v) is 5.03. The van der Waals surface area contributed by atoms with Crippen LogP contribution in [0.2, 0.25) is 0 Å². The number of fused-ring (bicyclic) bond motifs is 3. The lowest BCUT2D eigenvalue weighted by molar-refractivity contribution is -0.394. The van der Waals surface area contributed by atoms with E-state index in [0.717, 1.165) is 50.3 Å². The van der Waals surface area contributed by atoms with E-state index in [1.54, 1.807) is 0 Å². The molecule has 1 aliphatic heterocycles. The maximum atomic E-state index is 12.7. The summed E-state index contributed by atoms with van der Waals surface area (Å²) in [6.45, 7) is 0.636. The Morgan fingerprint density at radius 1 is 1.11 bits per heavy atom. The van der Waals surface area contributed by atoms with E-state index in [1.165, 1.54) is 0 Å². The maximum Gasteiger partial charge on any atom is 0.339 e. The van der Waals surface area contributed by atoms with Gasteiger partial charge in [0.05, 0.1) is 21.5 Å². The summed E-state index contributed by atoms with van der Waals surface area (Å²) in [5.74, 6) is 0.0704. The summed E-state index contributed by atoms with van der Waals surface area (Å²) in [4.78, 5) is 33.3. The highest BCUT2D eigenvalue weighted by molar-refractivity contribution is 5.91. The molecule has 2 saturated carbocycles. The van der Waals surface area contributed by atoms with Crippen LogP contribution in [0.15, 0.2) is 18.2 Å². The second-order valence-corrected chi connectivity index (χ2v) is 7.66. The van der Waals surface area contributed by atoms with Crippen molar-refractivity contribution < 1.29 is 24.1 Å². The summed E-state index contributed by atoms with van der Waals surface area (Å²) in [7, 11) is 0. The van der Waals surface area contributed by atoms with Gasteiger partial charge in [-0.1, -0.05) is 0 Å². The summed E-state index contributed by atoms with van der Waals surface area (Å²) in [6.07, 6.45) is 5.26. The second-order valence-electron chi connectivity index (χ2n) is 7.66. The first-order valence-corrected chi connectivity index (χ1v) is 9.18. The van der Waals surface area contributed by atoms with Gasteiger partial charge < -0.3 is 9.47 Å². The molecule has 2 aliphatic carbocycles. The minimum absolute atomic E-state index is 0.179. The molecular formula is C18H20N2O7. The molecule has 27 heavy (non-hydrogen) atoms. The molecule has 2 bridgehead atoms. The third-order valence-electron chi connectivity index (χ3n) is 6.22. The number of nitrogens with zero attached hydrogens (tertiary/aromatic N) is 2. The van der Waals surface area contributed by atoms with Crippen molar-refractivity contribution in [3.8, 4) is 0 Å². The van der Waals surface area contributed by atoms with Crippen LogP contribution in [0.4, 0.5) is 11.4 Å². The number of benzene rings is 1. The highest BCUT2D eigenvalue weighted by Gasteiger charge is 2.57. The molecule has 4 atom stereocenters. The molecule has 9 nitrogen and oxygen atoms in total. The van der Waals surface area contributed by atoms with E-state index in [1.807, 2.05) is 0 Å². The van der Waals surface area contributed by atoms with Crippen molar-refractivity contribution in [2.45, 2.75) is 50.2 Å². The minimum atomic E-state index is -0.775. The normalized spacial score (nSPS) is 31.8. The molecule has 1 heterocycles. The molecule has 0 unspecified atom stereocenters. The molecule has 4 rings (SSSR count). The van der Waals surface area contributed by atoms with Gasteiger partial charge in [0.2, 0.25) is 0 Å². The predicted octanol–water partition coefficient (Wildman–Crippen LogP) is 3.40. The van der Waals surface area contributed by atoms with E-state index >= 15 is 0 Å². The number of nitro groups is 2. The summed E-state index contributed by atoms with van der Waals surface area (Å²) in [5, 5.41) is 22.1.